The number of nitrogens with one attached hydrogen (secondary N) is 1. The van der Waals surface area contributed by atoms with Crippen LogP contribution in [0.1, 0.15) is 72.1 Å². The molecule has 0 radical (unpaired) electrons. The highest BCUT2D eigenvalue weighted by Gasteiger charge is 2.34. The lowest BCUT2D eigenvalue weighted by atomic mass is 9.80. The molecule has 1 rings (SSSR count). The molecule has 1 saturated carbocycles. The van der Waals surface area contributed by atoms with E-state index in [2.05, 4.69) is 25.5 Å². The molecule has 0 bridgehead atoms. The molecule has 3 N–H and O–H groups in total. The Morgan fingerprint density at radius 1 is 1.15 bits per heavy atom. The summed E-state index contributed by atoms with van der Waals surface area (Å²) in [6.07, 6.45) is 7.81. The molecule has 2 atom stereocenters. The maximum atomic E-state index is 12.5. The van der Waals surface area contributed by atoms with Gasteiger partial charge in [-0.2, -0.15) is 0 Å². The van der Waals surface area contributed by atoms with E-state index >= 15 is 0 Å². The van der Waals surface area contributed by atoms with Crippen molar-refractivity contribution in [3.05, 3.63) is 0 Å². The number of hydrogen-bond acceptors (Lipinski definition) is 3. The molecule has 5 heteroatoms. The fourth-order valence-corrected chi connectivity index (χ4v) is 5.59. The third kappa shape index (κ3) is 5.01. The second-order valence-corrected chi connectivity index (χ2v) is 8.14. The van der Waals surface area contributed by atoms with Gasteiger partial charge in [-0.3, -0.25) is 0 Å². The van der Waals surface area contributed by atoms with E-state index in [1.54, 1.807) is 0 Å². The van der Waals surface area contributed by atoms with Crippen LogP contribution >= 0.6 is 0 Å². The van der Waals surface area contributed by atoms with Crippen LogP contribution in [0.4, 0.5) is 0 Å². The van der Waals surface area contributed by atoms with Crippen LogP contribution in [0.15, 0.2) is 0 Å². The molecule has 0 spiro atoms. The first-order valence-electron chi connectivity index (χ1n) is 8.13. The van der Waals surface area contributed by atoms with Gasteiger partial charge >= 0.3 is 0 Å². The summed E-state index contributed by atoms with van der Waals surface area (Å²) in [7, 11) is -3.25. The van der Waals surface area contributed by atoms with Crippen LogP contribution in [-0.4, -0.2) is 26.3 Å². The van der Waals surface area contributed by atoms with Crippen LogP contribution in [0.5, 0.6) is 0 Å². The summed E-state index contributed by atoms with van der Waals surface area (Å²) < 4.78 is 27.8. The van der Waals surface area contributed by atoms with Gasteiger partial charge in [0.05, 0.1) is 5.75 Å². The largest absolute Gasteiger partial charge is 0.326 e. The molecule has 1 aliphatic carbocycles. The first-order chi connectivity index (χ1) is 9.38. The molecular weight excluding hydrogens is 272 g/mol. The van der Waals surface area contributed by atoms with Crippen LogP contribution in [0, 0.1) is 5.41 Å². The van der Waals surface area contributed by atoms with Gasteiger partial charge in [0, 0.05) is 12.1 Å². The summed E-state index contributed by atoms with van der Waals surface area (Å²) in [5.41, 5.74) is 5.96. The van der Waals surface area contributed by atoms with Crippen molar-refractivity contribution >= 4 is 10.0 Å². The topological polar surface area (TPSA) is 72.2 Å². The van der Waals surface area contributed by atoms with Crippen LogP contribution in [-0.2, 0) is 10.0 Å². The number of nitrogens with two attached hydrogens (primary N) is 1. The Kier molecular flexibility index (Phi) is 6.95. The predicted octanol–water partition coefficient (Wildman–Crippen LogP) is 2.78. The van der Waals surface area contributed by atoms with Gasteiger partial charge in [0.15, 0.2) is 0 Å². The predicted molar refractivity (Wildman–Crippen MR) is 85.1 cm³/mol. The zero-order valence-corrected chi connectivity index (χ0v) is 14.1. The van der Waals surface area contributed by atoms with Crippen molar-refractivity contribution in [1.29, 1.82) is 0 Å². The van der Waals surface area contributed by atoms with Crippen LogP contribution in [0.3, 0.4) is 0 Å². The lowest BCUT2D eigenvalue weighted by Gasteiger charge is -2.34. The highest BCUT2D eigenvalue weighted by molar-refractivity contribution is 7.89. The second kappa shape index (κ2) is 7.76. The van der Waals surface area contributed by atoms with Crippen LogP contribution in [0.2, 0.25) is 0 Å². The van der Waals surface area contributed by atoms with Gasteiger partial charge in [-0.1, -0.05) is 40.0 Å². The zero-order chi connectivity index (χ0) is 15.2. The molecule has 4 nitrogen and oxygen atoms in total. The highest BCUT2D eigenvalue weighted by atomic mass is 32.2. The monoisotopic (exact) mass is 304 g/mol. The van der Waals surface area contributed by atoms with Crippen molar-refractivity contribution in [2.45, 2.75) is 84.2 Å². The van der Waals surface area contributed by atoms with Crippen molar-refractivity contribution in [3.8, 4) is 0 Å². The lowest BCUT2D eigenvalue weighted by Crippen LogP contribution is -2.51. The van der Waals surface area contributed by atoms with Crippen molar-refractivity contribution in [3.63, 3.8) is 0 Å². The molecular formula is C15H32N2O2S. The van der Waals surface area contributed by atoms with Crippen molar-refractivity contribution in [1.82, 2.24) is 4.72 Å². The van der Waals surface area contributed by atoms with Crippen molar-refractivity contribution < 1.29 is 8.42 Å². The van der Waals surface area contributed by atoms with Gasteiger partial charge in [-0.05, 0) is 37.5 Å². The molecule has 1 fully saturated rings. The maximum Gasteiger partial charge on any atom is 0.212 e. The Morgan fingerprint density at radius 3 is 2.25 bits per heavy atom. The van der Waals surface area contributed by atoms with Crippen LogP contribution in [0.25, 0.3) is 0 Å². The molecule has 0 amide bonds. The Bertz CT molecular complexity index is 377. The lowest BCUT2D eigenvalue weighted by molar-refractivity contribution is 0.270. The molecule has 1 aliphatic rings. The van der Waals surface area contributed by atoms with E-state index in [1.165, 1.54) is 0 Å². The highest BCUT2D eigenvalue weighted by Crippen LogP contribution is 2.33. The summed E-state index contributed by atoms with van der Waals surface area (Å²) in [6, 6.07) is -0.0934. The molecule has 0 aliphatic heterocycles. The number of rotatable bonds is 8. The van der Waals surface area contributed by atoms with Gasteiger partial charge < -0.3 is 5.73 Å². The van der Waals surface area contributed by atoms with Gasteiger partial charge in [0.1, 0.15) is 0 Å². The summed E-state index contributed by atoms with van der Waals surface area (Å²) >= 11 is 0. The fourth-order valence-electron chi connectivity index (χ4n) is 3.39. The fraction of sp³-hybridized carbons (Fsp3) is 1.00. The first-order valence-corrected chi connectivity index (χ1v) is 9.79. The molecule has 120 valence electrons. The standard InChI is InChI=1S/C15H32N2O2S/c1-4-11-15(5-2,6-3)12-20(18,19)17-14-10-8-7-9-13(14)16/h13-14,17H,4-12,16H2,1-3H3. The third-order valence-electron chi connectivity index (χ3n) is 4.93. The Labute approximate surface area is 124 Å². The molecule has 0 aromatic rings. The third-order valence-corrected chi connectivity index (χ3v) is 6.58. The molecule has 20 heavy (non-hydrogen) atoms. The summed E-state index contributed by atoms with van der Waals surface area (Å²) in [5.74, 6) is 0.240. The first kappa shape index (κ1) is 17.9. The quantitative estimate of drug-likeness (QED) is 0.724. The molecule has 0 heterocycles. The summed E-state index contributed by atoms with van der Waals surface area (Å²) in [6.45, 7) is 6.32. The summed E-state index contributed by atoms with van der Waals surface area (Å²) in [4.78, 5) is 0. The Morgan fingerprint density at radius 2 is 1.75 bits per heavy atom. The van der Waals surface area contributed by atoms with E-state index in [1.807, 2.05) is 0 Å². The zero-order valence-electron chi connectivity index (χ0n) is 13.3. The van der Waals surface area contributed by atoms with Gasteiger partial charge in [0.25, 0.3) is 0 Å². The smallest absolute Gasteiger partial charge is 0.212 e. The van der Waals surface area contributed by atoms with E-state index in [9.17, 15) is 8.42 Å². The molecule has 0 aromatic carbocycles. The van der Waals surface area contributed by atoms with E-state index in [4.69, 9.17) is 5.73 Å². The van der Waals surface area contributed by atoms with Gasteiger partial charge in [-0.15, -0.1) is 0 Å². The van der Waals surface area contributed by atoms with Crippen LogP contribution < -0.4 is 10.5 Å². The van der Waals surface area contributed by atoms with Gasteiger partial charge in [0.2, 0.25) is 10.0 Å². The molecule has 0 saturated heterocycles. The SMILES string of the molecule is CCCC(CC)(CC)CS(=O)(=O)NC1CCCCC1N. The second-order valence-electron chi connectivity index (χ2n) is 6.39. The normalized spacial score (nSPS) is 24.8. The minimum atomic E-state index is -3.25. The minimum absolute atomic E-state index is 0.0256. The minimum Gasteiger partial charge on any atom is -0.326 e. The average molecular weight is 305 g/mol. The van der Waals surface area contributed by atoms with Gasteiger partial charge in [-0.25, -0.2) is 13.1 Å². The number of hydrogen-bond donors (Lipinski definition) is 2. The van der Waals surface area contributed by atoms with E-state index in [-0.39, 0.29) is 23.3 Å². The Hall–Kier alpha value is -0.130. The van der Waals surface area contributed by atoms with E-state index < -0.39 is 10.0 Å². The maximum absolute atomic E-state index is 12.5. The van der Waals surface area contributed by atoms with E-state index in [0.29, 0.717) is 0 Å². The summed E-state index contributed by atoms with van der Waals surface area (Å²) in [5, 5.41) is 0. The number of sulfonamides is 1. The molecule has 2 unspecified atom stereocenters. The van der Waals surface area contributed by atoms with Crippen molar-refractivity contribution in [2.75, 3.05) is 5.75 Å². The van der Waals surface area contributed by atoms with Crippen molar-refractivity contribution in [2.24, 2.45) is 11.1 Å². The Balaban J connectivity index is 2.72. The van der Waals surface area contributed by atoms with E-state index in [0.717, 1.165) is 51.4 Å². The molecule has 0 aromatic heterocycles. The average Bonchev–Trinajstić information content (AvgIpc) is 2.40.